The lowest BCUT2D eigenvalue weighted by Crippen LogP contribution is -2.48. The fraction of sp³-hybridized carbons (Fsp3) is 0.538. The van der Waals surface area contributed by atoms with Gasteiger partial charge in [-0.1, -0.05) is 25.5 Å². The van der Waals surface area contributed by atoms with Crippen molar-refractivity contribution < 1.29 is 14.6 Å². The van der Waals surface area contributed by atoms with Crippen LogP contribution in [0.25, 0.3) is 0 Å². The van der Waals surface area contributed by atoms with Crippen LogP contribution in [0.15, 0.2) is 36.5 Å². The molecule has 6 rings (SSSR count). The van der Waals surface area contributed by atoms with Crippen LogP contribution in [0.3, 0.4) is 0 Å². The highest BCUT2D eigenvalue weighted by Gasteiger charge is 2.51. The molecule has 0 amide bonds. The predicted octanol–water partition coefficient (Wildman–Crippen LogP) is 6.38. The van der Waals surface area contributed by atoms with E-state index in [1.165, 1.54) is 44.1 Å². The van der Waals surface area contributed by atoms with Crippen molar-refractivity contribution in [2.45, 2.75) is 70.1 Å². The molecule has 1 heterocycles. The molecule has 4 bridgehead atoms. The monoisotopic (exact) mass is 405 g/mol. The first-order valence-corrected chi connectivity index (χ1v) is 11.6. The van der Waals surface area contributed by atoms with Gasteiger partial charge in [0.05, 0.1) is 5.69 Å². The van der Waals surface area contributed by atoms with Crippen LogP contribution >= 0.6 is 0 Å². The third-order valence-electron chi connectivity index (χ3n) is 7.70. The molecular weight excluding hydrogens is 374 g/mol. The van der Waals surface area contributed by atoms with Gasteiger partial charge in [-0.15, -0.1) is 0 Å². The number of ether oxygens (including phenoxy) is 1. The number of rotatable bonds is 7. The highest BCUT2D eigenvalue weighted by Crippen LogP contribution is 2.60. The number of nitrogens with zero attached hydrogens (tertiary/aromatic N) is 1. The smallest absolute Gasteiger partial charge is 0.341 e. The summed E-state index contributed by atoms with van der Waals surface area (Å²) < 4.78 is 6.04. The molecule has 1 aromatic heterocycles. The van der Waals surface area contributed by atoms with Gasteiger partial charge in [-0.05, 0) is 92.2 Å². The van der Waals surface area contributed by atoms with E-state index in [0.29, 0.717) is 29.0 Å². The molecule has 0 spiro atoms. The first-order valence-electron chi connectivity index (χ1n) is 11.6. The van der Waals surface area contributed by atoms with Gasteiger partial charge in [0, 0.05) is 12.3 Å². The number of carboxylic acids is 1. The zero-order valence-corrected chi connectivity index (χ0v) is 17.8. The molecule has 158 valence electrons. The second-order valence-electron chi connectivity index (χ2n) is 9.86. The first-order chi connectivity index (χ1) is 14.6. The number of hydrogen-bond acceptors (Lipinski definition) is 3. The lowest BCUT2D eigenvalue weighted by atomic mass is 9.48. The maximum atomic E-state index is 11.9. The molecule has 4 aliphatic rings. The quantitative estimate of drug-likeness (QED) is 0.580. The summed E-state index contributed by atoms with van der Waals surface area (Å²) in [5.74, 6) is 2.86. The van der Waals surface area contributed by atoms with Crippen LogP contribution in [0.1, 0.15) is 79.9 Å². The highest BCUT2D eigenvalue weighted by atomic mass is 16.5. The van der Waals surface area contributed by atoms with Crippen LogP contribution in [-0.4, -0.2) is 16.1 Å². The van der Waals surface area contributed by atoms with Gasteiger partial charge in [-0.25, -0.2) is 4.79 Å². The Morgan fingerprint density at radius 2 is 1.70 bits per heavy atom. The van der Waals surface area contributed by atoms with Crippen LogP contribution in [-0.2, 0) is 11.8 Å². The van der Waals surface area contributed by atoms with Gasteiger partial charge >= 0.3 is 5.97 Å². The van der Waals surface area contributed by atoms with Gasteiger partial charge in [0.1, 0.15) is 17.1 Å². The second-order valence-corrected chi connectivity index (χ2v) is 9.86. The Morgan fingerprint density at radius 3 is 2.27 bits per heavy atom. The molecule has 0 aliphatic heterocycles. The molecule has 0 radical (unpaired) electrons. The van der Waals surface area contributed by atoms with E-state index >= 15 is 0 Å². The molecule has 4 fully saturated rings. The van der Waals surface area contributed by atoms with Gasteiger partial charge in [0.25, 0.3) is 0 Å². The summed E-state index contributed by atoms with van der Waals surface area (Å²) in [4.78, 5) is 16.2. The van der Waals surface area contributed by atoms with Gasteiger partial charge in [-0.3, -0.25) is 4.98 Å². The van der Waals surface area contributed by atoms with Crippen LogP contribution < -0.4 is 4.74 Å². The van der Waals surface area contributed by atoms with Crippen molar-refractivity contribution in [1.82, 2.24) is 4.98 Å². The van der Waals surface area contributed by atoms with Crippen LogP contribution in [0.4, 0.5) is 0 Å². The molecule has 4 nitrogen and oxygen atoms in total. The van der Waals surface area contributed by atoms with Crippen LogP contribution in [0.2, 0.25) is 0 Å². The van der Waals surface area contributed by atoms with Crippen molar-refractivity contribution in [3.05, 3.63) is 53.3 Å². The lowest BCUT2D eigenvalue weighted by Gasteiger charge is -2.57. The van der Waals surface area contributed by atoms with E-state index in [1.54, 1.807) is 12.3 Å². The molecule has 2 aromatic rings. The van der Waals surface area contributed by atoms with E-state index in [9.17, 15) is 9.90 Å². The Kier molecular flexibility index (Phi) is 5.04. The largest absolute Gasteiger partial charge is 0.477 e. The maximum absolute atomic E-state index is 11.9. The van der Waals surface area contributed by atoms with Gasteiger partial charge < -0.3 is 9.84 Å². The molecule has 1 N–H and O–H groups in total. The molecular formula is C26H31NO3. The summed E-state index contributed by atoms with van der Waals surface area (Å²) in [6, 6.07) is 10.1. The van der Waals surface area contributed by atoms with Gasteiger partial charge in [0.15, 0.2) is 0 Å². The first kappa shape index (κ1) is 19.6. The summed E-state index contributed by atoms with van der Waals surface area (Å²) >= 11 is 0. The third kappa shape index (κ3) is 3.51. The molecule has 30 heavy (non-hydrogen) atoms. The summed E-state index contributed by atoms with van der Waals surface area (Å²) in [5, 5.41) is 9.74. The Labute approximate surface area is 178 Å². The van der Waals surface area contributed by atoms with E-state index in [4.69, 9.17) is 4.74 Å². The molecule has 1 aromatic carbocycles. The molecule has 4 heteroatoms. The Morgan fingerprint density at radius 1 is 1.07 bits per heavy atom. The molecule has 4 saturated carbocycles. The molecule has 0 saturated heterocycles. The minimum absolute atomic E-state index is 0.191. The third-order valence-corrected chi connectivity index (χ3v) is 7.70. The molecule has 4 aliphatic carbocycles. The van der Waals surface area contributed by atoms with Crippen molar-refractivity contribution in [2.24, 2.45) is 17.8 Å². The van der Waals surface area contributed by atoms with E-state index in [-0.39, 0.29) is 5.56 Å². The summed E-state index contributed by atoms with van der Waals surface area (Å²) in [6.45, 7) is 2.09. The number of aromatic nitrogens is 1. The number of carbonyl (C=O) groups is 1. The van der Waals surface area contributed by atoms with Gasteiger partial charge in [-0.2, -0.15) is 0 Å². The SMILES string of the molecule is CCCCc1nccc(Oc2ccc(C34CC5CC(CC(C5)C3)C4)cc2)c1C(=O)O. The number of pyridine rings is 1. The summed E-state index contributed by atoms with van der Waals surface area (Å²) in [5.41, 5.74) is 2.61. The Hall–Kier alpha value is -2.36. The second kappa shape index (κ2) is 7.72. The summed E-state index contributed by atoms with van der Waals surface area (Å²) in [7, 11) is 0. The number of carboxylic acid groups (broad SMARTS) is 1. The fourth-order valence-corrected chi connectivity index (χ4v) is 6.80. The normalized spacial score (nSPS) is 29.2. The number of aryl methyl sites for hydroxylation is 1. The number of hydrogen-bond donors (Lipinski definition) is 1. The van der Waals surface area contributed by atoms with Crippen LogP contribution in [0, 0.1) is 17.8 Å². The Bertz CT molecular complexity index is 899. The van der Waals surface area contributed by atoms with Gasteiger partial charge in [0.2, 0.25) is 0 Å². The average molecular weight is 406 g/mol. The maximum Gasteiger partial charge on any atom is 0.341 e. The summed E-state index contributed by atoms with van der Waals surface area (Å²) in [6.07, 6.45) is 12.6. The molecule has 0 unspecified atom stereocenters. The topological polar surface area (TPSA) is 59.4 Å². The lowest BCUT2D eigenvalue weighted by molar-refractivity contribution is -0.00520. The highest BCUT2D eigenvalue weighted by molar-refractivity contribution is 5.92. The standard InChI is InChI=1S/C26H31NO3/c1-2-3-4-22-24(25(28)29)23(9-10-27-22)30-21-7-5-20(6-8-21)26-14-17-11-18(15-26)13-19(12-17)16-26/h5-10,17-19H,2-4,11-16H2,1H3,(H,28,29). The minimum atomic E-state index is -0.977. The van der Waals surface area contributed by atoms with Crippen LogP contribution in [0.5, 0.6) is 11.5 Å². The Balaban J connectivity index is 1.38. The van der Waals surface area contributed by atoms with Crippen molar-refractivity contribution in [3.8, 4) is 11.5 Å². The van der Waals surface area contributed by atoms with E-state index in [0.717, 1.165) is 30.6 Å². The van der Waals surface area contributed by atoms with E-state index in [2.05, 4.69) is 24.0 Å². The van der Waals surface area contributed by atoms with Crippen molar-refractivity contribution in [1.29, 1.82) is 0 Å². The number of unbranched alkanes of at least 4 members (excludes halogenated alkanes) is 1. The van der Waals surface area contributed by atoms with E-state index in [1.807, 2.05) is 12.1 Å². The zero-order chi connectivity index (χ0) is 20.7. The number of benzene rings is 1. The average Bonchev–Trinajstić information content (AvgIpc) is 2.71. The van der Waals surface area contributed by atoms with Crippen molar-refractivity contribution in [3.63, 3.8) is 0 Å². The predicted molar refractivity (Wildman–Crippen MR) is 116 cm³/mol. The zero-order valence-electron chi connectivity index (χ0n) is 17.8. The van der Waals surface area contributed by atoms with E-state index < -0.39 is 5.97 Å². The van der Waals surface area contributed by atoms with Crippen molar-refractivity contribution >= 4 is 5.97 Å². The minimum Gasteiger partial charge on any atom is -0.477 e. The molecule has 0 atom stereocenters. The fourth-order valence-electron chi connectivity index (χ4n) is 6.80. The number of aromatic carboxylic acids is 1. The van der Waals surface area contributed by atoms with Crippen molar-refractivity contribution in [2.75, 3.05) is 0 Å².